The van der Waals surface area contributed by atoms with Gasteiger partial charge in [0.1, 0.15) is 29.4 Å². The van der Waals surface area contributed by atoms with Gasteiger partial charge in [-0.05, 0) is 63.5 Å². The Morgan fingerprint density at radius 1 is 0.958 bits per heavy atom. The molecule has 48 heavy (non-hydrogen) atoms. The first kappa shape index (κ1) is 32.6. The lowest BCUT2D eigenvalue weighted by molar-refractivity contribution is -0.158. The van der Waals surface area contributed by atoms with E-state index in [1.807, 2.05) is 42.5 Å². The summed E-state index contributed by atoms with van der Waals surface area (Å²) in [4.78, 5) is 81.1. The van der Waals surface area contributed by atoms with E-state index in [1.165, 1.54) is 0 Å². The van der Waals surface area contributed by atoms with Gasteiger partial charge in [0.2, 0.25) is 11.8 Å². The highest BCUT2D eigenvalue weighted by Crippen LogP contribution is 2.43. The van der Waals surface area contributed by atoms with E-state index in [4.69, 9.17) is 16.3 Å². The number of rotatable bonds is 6. The SMILES string of the molecule is CCOC(=O)[C@@H]1CC[C@@H]2C=C[C@H]3CCN(C(=O)[C@@H]4CC[C@H]5C=C[C@]6(CCCN6C(=O)/C(Cc6ccccc6Cl)=N\C)C(=O)N54)[C@@H]3C(=O)N21. The number of hydrogen-bond acceptors (Lipinski definition) is 7. The van der Waals surface area contributed by atoms with Gasteiger partial charge in [-0.2, -0.15) is 0 Å². The number of fused-ring (bicyclic) bond motifs is 3. The minimum absolute atomic E-state index is 0.164. The summed E-state index contributed by atoms with van der Waals surface area (Å²) in [5.74, 6) is -1.63. The van der Waals surface area contributed by atoms with Crippen molar-refractivity contribution >= 4 is 46.9 Å². The monoisotopic (exact) mass is 675 g/mol. The lowest BCUT2D eigenvalue weighted by Crippen LogP contribution is -2.64. The Balaban J connectivity index is 1.13. The highest BCUT2D eigenvalue weighted by atomic mass is 35.5. The van der Waals surface area contributed by atoms with E-state index in [0.29, 0.717) is 68.8 Å². The van der Waals surface area contributed by atoms with E-state index in [-0.39, 0.29) is 54.7 Å². The summed E-state index contributed by atoms with van der Waals surface area (Å²) in [5, 5.41) is 0.543. The van der Waals surface area contributed by atoms with Crippen LogP contribution in [0.3, 0.4) is 0 Å². The van der Waals surface area contributed by atoms with Crippen LogP contribution >= 0.6 is 11.6 Å². The third-order valence-corrected chi connectivity index (χ3v) is 11.6. The van der Waals surface area contributed by atoms with Gasteiger partial charge in [0.25, 0.3) is 11.8 Å². The zero-order chi connectivity index (χ0) is 33.7. The molecule has 6 aliphatic heterocycles. The second-order valence-corrected chi connectivity index (χ2v) is 14.0. The zero-order valence-corrected chi connectivity index (χ0v) is 28.2. The van der Waals surface area contributed by atoms with Crippen LogP contribution < -0.4 is 0 Å². The van der Waals surface area contributed by atoms with E-state index >= 15 is 0 Å². The molecule has 0 aromatic heterocycles. The molecule has 11 nitrogen and oxygen atoms in total. The smallest absolute Gasteiger partial charge is 0.328 e. The fourth-order valence-electron chi connectivity index (χ4n) is 8.88. The Kier molecular flexibility index (Phi) is 8.68. The van der Waals surface area contributed by atoms with Crippen LogP contribution in [0.2, 0.25) is 5.02 Å². The summed E-state index contributed by atoms with van der Waals surface area (Å²) in [7, 11) is 1.57. The number of likely N-dealkylation sites (tertiary alicyclic amines) is 2. The van der Waals surface area contributed by atoms with Gasteiger partial charge in [-0.1, -0.05) is 54.1 Å². The van der Waals surface area contributed by atoms with Crippen LogP contribution in [-0.4, -0.2) is 117 Å². The summed E-state index contributed by atoms with van der Waals surface area (Å²) in [6, 6.07) is 4.68. The minimum atomic E-state index is -1.21. The average Bonchev–Trinajstić information content (AvgIpc) is 3.88. The Hall–Kier alpha value is -3.99. The number of carbonyl (C=O) groups is 5. The van der Waals surface area contributed by atoms with Gasteiger partial charge in [-0.3, -0.25) is 24.2 Å². The van der Waals surface area contributed by atoms with Crippen molar-refractivity contribution in [3.63, 3.8) is 0 Å². The predicted molar refractivity (Wildman–Crippen MR) is 178 cm³/mol. The normalized spacial score (nSPS) is 32.5. The van der Waals surface area contributed by atoms with Gasteiger partial charge >= 0.3 is 5.97 Å². The van der Waals surface area contributed by atoms with E-state index in [1.54, 1.807) is 39.6 Å². The van der Waals surface area contributed by atoms with Crippen LogP contribution in [0.15, 0.2) is 53.6 Å². The first-order valence-electron chi connectivity index (χ1n) is 17.2. The fraction of sp³-hybridized carbons (Fsp3) is 0.556. The van der Waals surface area contributed by atoms with Crippen molar-refractivity contribution in [1.29, 1.82) is 0 Å². The Labute approximate surface area is 285 Å². The van der Waals surface area contributed by atoms with Gasteiger partial charge in [-0.15, -0.1) is 0 Å². The van der Waals surface area contributed by atoms with Gasteiger partial charge in [0.15, 0.2) is 0 Å². The second-order valence-electron chi connectivity index (χ2n) is 13.6. The van der Waals surface area contributed by atoms with Gasteiger partial charge in [0.05, 0.1) is 18.7 Å². The molecule has 7 atom stereocenters. The third-order valence-electron chi connectivity index (χ3n) is 11.2. The molecule has 6 heterocycles. The van der Waals surface area contributed by atoms with Crippen molar-refractivity contribution in [3.05, 3.63) is 59.2 Å². The van der Waals surface area contributed by atoms with Gasteiger partial charge in [0, 0.05) is 37.5 Å². The van der Waals surface area contributed by atoms with Crippen LogP contribution in [0.25, 0.3) is 0 Å². The summed E-state index contributed by atoms with van der Waals surface area (Å²) in [5.41, 5.74) is -0.124. The molecular weight excluding hydrogens is 634 g/mol. The van der Waals surface area contributed by atoms with Crippen LogP contribution in [0, 0.1) is 5.92 Å². The topological polar surface area (TPSA) is 120 Å². The third kappa shape index (κ3) is 5.16. The highest BCUT2D eigenvalue weighted by Gasteiger charge is 2.58. The first-order chi connectivity index (χ1) is 23.2. The molecular formula is C36H42ClN5O6. The van der Waals surface area contributed by atoms with Crippen molar-refractivity contribution in [1.82, 2.24) is 19.6 Å². The van der Waals surface area contributed by atoms with Crippen molar-refractivity contribution < 1.29 is 28.7 Å². The summed E-state index contributed by atoms with van der Waals surface area (Å²) >= 11 is 6.40. The largest absolute Gasteiger partial charge is 0.464 e. The molecule has 0 N–H and O–H groups in total. The second kappa shape index (κ2) is 12.8. The molecule has 0 unspecified atom stereocenters. The minimum Gasteiger partial charge on any atom is -0.464 e. The maximum absolute atomic E-state index is 14.6. The summed E-state index contributed by atoms with van der Waals surface area (Å²) in [6.07, 6.45) is 12.1. The molecule has 1 spiro atoms. The van der Waals surface area contributed by atoms with Crippen LogP contribution in [0.5, 0.6) is 0 Å². The number of esters is 1. The number of ether oxygens (including phenoxy) is 1. The number of hydrogen-bond donors (Lipinski definition) is 0. The van der Waals surface area contributed by atoms with Crippen molar-refractivity contribution in [3.8, 4) is 0 Å². The maximum Gasteiger partial charge on any atom is 0.328 e. The lowest BCUT2D eigenvalue weighted by Gasteiger charge is -2.44. The van der Waals surface area contributed by atoms with Crippen molar-refractivity contribution in [2.24, 2.45) is 10.9 Å². The number of nitrogens with zero attached hydrogens (tertiary/aromatic N) is 5. The van der Waals surface area contributed by atoms with Crippen LogP contribution in [-0.2, 0) is 35.1 Å². The van der Waals surface area contributed by atoms with Crippen molar-refractivity contribution in [2.75, 3.05) is 26.7 Å². The summed E-state index contributed by atoms with van der Waals surface area (Å²) in [6.45, 7) is 2.76. The number of amides is 4. The van der Waals surface area contributed by atoms with E-state index < -0.39 is 29.6 Å². The number of carbonyl (C=O) groups excluding carboxylic acids is 5. The van der Waals surface area contributed by atoms with Crippen LogP contribution in [0.4, 0.5) is 0 Å². The van der Waals surface area contributed by atoms with E-state index in [2.05, 4.69) is 4.99 Å². The van der Waals surface area contributed by atoms with Gasteiger partial charge < -0.3 is 24.3 Å². The number of halogens is 1. The van der Waals surface area contributed by atoms with Crippen LogP contribution in [0.1, 0.15) is 57.4 Å². The van der Waals surface area contributed by atoms with Crippen molar-refractivity contribution in [2.45, 2.75) is 94.0 Å². The fourth-order valence-corrected chi connectivity index (χ4v) is 9.09. The molecule has 0 aliphatic carbocycles. The molecule has 4 fully saturated rings. The Bertz CT molecular complexity index is 1620. The molecule has 6 aliphatic rings. The lowest BCUT2D eigenvalue weighted by atomic mass is 9.88. The maximum atomic E-state index is 14.6. The number of benzene rings is 1. The van der Waals surface area contributed by atoms with E-state index in [9.17, 15) is 24.0 Å². The summed E-state index contributed by atoms with van der Waals surface area (Å²) < 4.78 is 5.30. The molecule has 4 amide bonds. The molecule has 7 rings (SSSR count). The molecule has 0 bridgehead atoms. The average molecular weight is 676 g/mol. The first-order valence-corrected chi connectivity index (χ1v) is 17.6. The molecule has 4 saturated heterocycles. The number of aliphatic imine (C=N–C) groups is 1. The Morgan fingerprint density at radius 3 is 2.46 bits per heavy atom. The molecule has 12 heteroatoms. The van der Waals surface area contributed by atoms with E-state index in [0.717, 1.165) is 5.56 Å². The zero-order valence-electron chi connectivity index (χ0n) is 27.4. The molecule has 1 aromatic rings. The van der Waals surface area contributed by atoms with Gasteiger partial charge in [-0.25, -0.2) is 4.79 Å². The Morgan fingerprint density at radius 2 is 1.71 bits per heavy atom. The highest BCUT2D eigenvalue weighted by molar-refractivity contribution is 6.40. The molecule has 0 radical (unpaired) electrons. The molecule has 254 valence electrons. The quantitative estimate of drug-likeness (QED) is 0.260. The standard InChI is InChI=1S/C36H42ClN5O6/c1-3-48-34(46)29-14-12-24-10-9-22-16-20-39(30(22)33(45)41(24)29)32(44)28-13-11-25-15-18-36(35(47)42(25)28)17-6-19-40(36)31(43)27(38-2)21-23-7-4-5-8-26(23)37/h4-5,7-10,15,18,22,24-25,28-30H,3,6,11-14,16-17,19-21H2,1-2H3/b38-27-/t22-,24-,25-,28-,29-,30-,36+/m0/s1. The predicted octanol–water partition coefficient (Wildman–Crippen LogP) is 2.95. The molecule has 1 aromatic carbocycles. The molecule has 0 saturated carbocycles.